The van der Waals surface area contributed by atoms with Crippen molar-refractivity contribution in [1.29, 1.82) is 0 Å². The maximum Gasteiger partial charge on any atom is 0.254 e. The molecule has 35 heavy (non-hydrogen) atoms. The number of fused-ring (bicyclic) bond motifs is 3. The number of phenolic OH excluding ortho intramolecular Hbond substituents is 1. The summed E-state index contributed by atoms with van der Waals surface area (Å²) in [6, 6.07) is 14.3. The normalized spacial score (nSPS) is 20.9. The topological polar surface area (TPSA) is 69.9 Å². The van der Waals surface area contributed by atoms with Gasteiger partial charge >= 0.3 is 0 Å². The van der Waals surface area contributed by atoms with Crippen LogP contribution in [0.5, 0.6) is 5.75 Å². The average Bonchev–Trinajstić information content (AvgIpc) is 3.22. The summed E-state index contributed by atoms with van der Waals surface area (Å²) in [5.41, 5.74) is 9.38. The van der Waals surface area contributed by atoms with Crippen LogP contribution < -0.4 is 5.43 Å². The largest absolute Gasteiger partial charge is 0.508 e. The van der Waals surface area contributed by atoms with Crippen molar-refractivity contribution in [2.24, 2.45) is 5.10 Å². The van der Waals surface area contributed by atoms with Crippen LogP contribution in [-0.2, 0) is 17.8 Å². The van der Waals surface area contributed by atoms with E-state index in [2.05, 4.69) is 38.2 Å². The Morgan fingerprint density at radius 2 is 1.86 bits per heavy atom. The second-order valence-electron chi connectivity index (χ2n) is 10.4. The molecule has 1 unspecified atom stereocenters. The lowest BCUT2D eigenvalue weighted by molar-refractivity contribution is -0.123. The van der Waals surface area contributed by atoms with Crippen LogP contribution in [0.3, 0.4) is 0 Å². The van der Waals surface area contributed by atoms with E-state index in [1.165, 1.54) is 66.2 Å². The van der Waals surface area contributed by atoms with Crippen molar-refractivity contribution < 1.29 is 9.90 Å². The molecule has 2 heterocycles. The molecular weight excluding hydrogens is 436 g/mol. The molecule has 1 aromatic heterocycles. The number of rotatable bonds is 5. The maximum absolute atomic E-state index is 12.7. The highest BCUT2D eigenvalue weighted by molar-refractivity contribution is 5.87. The summed E-state index contributed by atoms with van der Waals surface area (Å²) >= 11 is 0. The standard InChI is InChI=1S/C29H34N4O2/c34-23-12-9-20(10-13-23)18-30-31-28(35)19-32-15-16-33-26-14-11-22(21-5-2-1-3-6-21)17-25(26)24-7-4-8-27(32)29(24)33/h9-14,17-18,21,27,34H,1-8,15-16,19H2,(H,31,35). The van der Waals surface area contributed by atoms with E-state index in [4.69, 9.17) is 0 Å². The van der Waals surface area contributed by atoms with E-state index >= 15 is 0 Å². The van der Waals surface area contributed by atoms with Crippen LogP contribution in [0.25, 0.3) is 10.9 Å². The summed E-state index contributed by atoms with van der Waals surface area (Å²) in [5, 5.41) is 15.0. The molecule has 2 aromatic carbocycles. The summed E-state index contributed by atoms with van der Waals surface area (Å²) in [6.45, 7) is 2.15. The number of aromatic hydroxyl groups is 1. The highest BCUT2D eigenvalue weighted by Gasteiger charge is 2.35. The number of carbonyl (C=O) groups excluding carboxylic acids is 1. The van der Waals surface area contributed by atoms with Gasteiger partial charge in [0.25, 0.3) is 5.91 Å². The van der Waals surface area contributed by atoms with Crippen molar-refractivity contribution >= 4 is 23.0 Å². The Kier molecular flexibility index (Phi) is 6.06. The molecule has 1 amide bonds. The van der Waals surface area contributed by atoms with E-state index in [0.29, 0.717) is 12.6 Å². The summed E-state index contributed by atoms with van der Waals surface area (Å²) < 4.78 is 2.54. The van der Waals surface area contributed by atoms with E-state index in [-0.39, 0.29) is 11.7 Å². The summed E-state index contributed by atoms with van der Waals surface area (Å²) in [7, 11) is 0. The van der Waals surface area contributed by atoms with E-state index in [1.807, 2.05) is 0 Å². The van der Waals surface area contributed by atoms with Crippen LogP contribution in [0.4, 0.5) is 0 Å². The zero-order valence-corrected chi connectivity index (χ0v) is 20.2. The lowest BCUT2D eigenvalue weighted by atomic mass is 9.83. The van der Waals surface area contributed by atoms with Crippen LogP contribution >= 0.6 is 0 Å². The molecule has 6 nitrogen and oxygen atoms in total. The molecule has 1 aliphatic heterocycles. The van der Waals surface area contributed by atoms with Gasteiger partial charge in [0, 0.05) is 29.7 Å². The van der Waals surface area contributed by atoms with Gasteiger partial charge < -0.3 is 9.67 Å². The van der Waals surface area contributed by atoms with Gasteiger partial charge in [0.05, 0.1) is 18.8 Å². The molecule has 0 radical (unpaired) electrons. The lowest BCUT2D eigenvalue weighted by Gasteiger charge is -2.39. The fraction of sp³-hybridized carbons (Fsp3) is 0.448. The number of aromatic nitrogens is 1. The molecule has 1 atom stereocenters. The summed E-state index contributed by atoms with van der Waals surface area (Å²) in [4.78, 5) is 15.0. The van der Waals surface area contributed by atoms with E-state index in [0.717, 1.165) is 37.4 Å². The number of amides is 1. The minimum Gasteiger partial charge on any atom is -0.508 e. The number of nitrogens with zero attached hydrogens (tertiary/aromatic N) is 3. The van der Waals surface area contributed by atoms with Crippen LogP contribution in [0.15, 0.2) is 47.6 Å². The van der Waals surface area contributed by atoms with Crippen molar-refractivity contribution in [2.75, 3.05) is 13.1 Å². The number of phenols is 1. The maximum atomic E-state index is 12.7. The van der Waals surface area contributed by atoms with Gasteiger partial charge in [-0.3, -0.25) is 9.69 Å². The van der Waals surface area contributed by atoms with E-state index < -0.39 is 0 Å². The van der Waals surface area contributed by atoms with Crippen molar-refractivity contribution in [3.8, 4) is 5.75 Å². The molecule has 1 fully saturated rings. The van der Waals surface area contributed by atoms with Crippen molar-refractivity contribution in [2.45, 2.75) is 69.9 Å². The summed E-state index contributed by atoms with van der Waals surface area (Å²) in [5.74, 6) is 0.848. The van der Waals surface area contributed by atoms with Gasteiger partial charge in [-0.15, -0.1) is 0 Å². The molecule has 2 N–H and O–H groups in total. The third-order valence-electron chi connectivity index (χ3n) is 8.23. The molecule has 1 saturated carbocycles. The number of hydrogen-bond acceptors (Lipinski definition) is 4. The van der Waals surface area contributed by atoms with Gasteiger partial charge in [-0.2, -0.15) is 5.10 Å². The number of benzene rings is 2. The highest BCUT2D eigenvalue weighted by atomic mass is 16.3. The van der Waals surface area contributed by atoms with Gasteiger partial charge in [-0.25, -0.2) is 5.43 Å². The number of hydrazone groups is 1. The molecule has 0 saturated heterocycles. The number of hydrogen-bond donors (Lipinski definition) is 2. The monoisotopic (exact) mass is 470 g/mol. The van der Waals surface area contributed by atoms with Crippen LogP contribution in [0.2, 0.25) is 0 Å². The fourth-order valence-corrected chi connectivity index (χ4v) is 6.53. The van der Waals surface area contributed by atoms with Crippen LogP contribution in [0, 0.1) is 0 Å². The van der Waals surface area contributed by atoms with E-state index in [1.54, 1.807) is 30.5 Å². The minimum absolute atomic E-state index is 0.0868. The van der Waals surface area contributed by atoms with Crippen molar-refractivity contribution in [3.05, 3.63) is 64.8 Å². The molecule has 0 spiro atoms. The van der Waals surface area contributed by atoms with Gasteiger partial charge in [0.2, 0.25) is 0 Å². The average molecular weight is 471 g/mol. The van der Waals surface area contributed by atoms with Gasteiger partial charge in [-0.1, -0.05) is 25.3 Å². The molecule has 6 rings (SSSR count). The Morgan fingerprint density at radius 1 is 1.03 bits per heavy atom. The Morgan fingerprint density at radius 3 is 2.69 bits per heavy atom. The van der Waals surface area contributed by atoms with Crippen molar-refractivity contribution in [3.63, 3.8) is 0 Å². The third kappa shape index (κ3) is 4.36. The SMILES string of the molecule is O=C(CN1CCn2c3c(c4cc(C5CCCCC5)ccc42)CCCC31)NN=Cc1ccc(O)cc1. The molecular formula is C29H34N4O2. The second kappa shape index (κ2) is 9.50. The van der Waals surface area contributed by atoms with Crippen LogP contribution in [0.1, 0.15) is 79.3 Å². The minimum atomic E-state index is -0.0868. The zero-order valence-electron chi connectivity index (χ0n) is 20.2. The molecule has 3 aromatic rings. The van der Waals surface area contributed by atoms with Crippen LogP contribution in [-0.4, -0.2) is 39.8 Å². The molecule has 6 heteroatoms. The van der Waals surface area contributed by atoms with Gasteiger partial charge in [0.1, 0.15) is 5.75 Å². The second-order valence-corrected chi connectivity index (χ2v) is 10.4. The Balaban J connectivity index is 1.20. The number of carbonyl (C=O) groups is 1. The fourth-order valence-electron chi connectivity index (χ4n) is 6.53. The van der Waals surface area contributed by atoms with E-state index in [9.17, 15) is 9.90 Å². The van der Waals surface area contributed by atoms with Gasteiger partial charge in [0.15, 0.2) is 0 Å². The first-order chi connectivity index (χ1) is 17.2. The molecule has 182 valence electrons. The van der Waals surface area contributed by atoms with Crippen molar-refractivity contribution in [1.82, 2.24) is 14.9 Å². The smallest absolute Gasteiger partial charge is 0.254 e. The Hall–Kier alpha value is -3.12. The number of aryl methyl sites for hydroxylation is 1. The predicted molar refractivity (Wildman–Crippen MR) is 139 cm³/mol. The Labute approximate surface area is 206 Å². The number of nitrogens with one attached hydrogen (secondary N) is 1. The molecule has 3 aliphatic rings. The third-order valence-corrected chi connectivity index (χ3v) is 8.23. The predicted octanol–water partition coefficient (Wildman–Crippen LogP) is 5.24. The summed E-state index contributed by atoms with van der Waals surface area (Å²) in [6.07, 6.45) is 11.8. The molecule has 2 aliphatic carbocycles. The zero-order chi connectivity index (χ0) is 23.8. The first-order valence-electron chi connectivity index (χ1n) is 13.2. The first kappa shape index (κ1) is 22.4. The molecule has 0 bridgehead atoms. The quantitative estimate of drug-likeness (QED) is 0.396. The highest BCUT2D eigenvalue weighted by Crippen LogP contribution is 2.44. The van der Waals surface area contributed by atoms with Gasteiger partial charge in [-0.05, 0) is 91.1 Å². The Bertz CT molecular complexity index is 1250. The lowest BCUT2D eigenvalue weighted by Crippen LogP contribution is -2.44. The first-order valence-corrected chi connectivity index (χ1v) is 13.2.